The molecule has 0 nitrogen and oxygen atoms in total. The van der Waals surface area contributed by atoms with Crippen molar-refractivity contribution >= 4 is 32.2 Å². The summed E-state index contributed by atoms with van der Waals surface area (Å²) in [6, 6.07) is 24.5. The summed E-state index contributed by atoms with van der Waals surface area (Å²) in [5.74, 6) is 0.736. The maximum Gasteiger partial charge on any atom is 0.0358 e. The van der Waals surface area contributed by atoms with Gasteiger partial charge in [0.25, 0.3) is 0 Å². The van der Waals surface area contributed by atoms with Crippen LogP contribution in [0.2, 0.25) is 0 Å². The molecule has 0 aliphatic heterocycles. The van der Waals surface area contributed by atoms with Gasteiger partial charge in [-0.1, -0.05) is 79.9 Å². The smallest absolute Gasteiger partial charge is 0.0358 e. The summed E-state index contributed by atoms with van der Waals surface area (Å²) in [5.41, 5.74) is 2.88. The molecule has 124 valence electrons. The Morgan fingerprint density at radius 2 is 1.48 bits per heavy atom. The van der Waals surface area contributed by atoms with E-state index in [0.29, 0.717) is 0 Å². The van der Waals surface area contributed by atoms with Crippen molar-refractivity contribution < 1.29 is 0 Å². The average molecular weight is 343 g/mol. The molecule has 1 heteroatoms. The monoisotopic (exact) mass is 342 g/mol. The van der Waals surface area contributed by atoms with E-state index < -0.39 is 0 Å². The van der Waals surface area contributed by atoms with Crippen molar-refractivity contribution in [3.8, 4) is 11.1 Å². The zero-order valence-corrected chi connectivity index (χ0v) is 15.2. The van der Waals surface area contributed by atoms with Crippen LogP contribution in [0.3, 0.4) is 0 Å². The first-order chi connectivity index (χ1) is 12.4. The zero-order chi connectivity index (χ0) is 16.6. The van der Waals surface area contributed by atoms with Gasteiger partial charge in [-0.2, -0.15) is 0 Å². The van der Waals surface area contributed by atoms with Gasteiger partial charge in [0, 0.05) is 20.5 Å². The first kappa shape index (κ1) is 15.2. The fourth-order valence-corrected chi connectivity index (χ4v) is 5.84. The van der Waals surface area contributed by atoms with Gasteiger partial charge in [0.15, 0.2) is 0 Å². The molecule has 0 atom stereocenters. The van der Waals surface area contributed by atoms with Gasteiger partial charge in [0.2, 0.25) is 0 Å². The molecule has 5 rings (SSSR count). The Bertz CT molecular complexity index is 1020. The minimum Gasteiger partial charge on any atom is -0.139 e. The van der Waals surface area contributed by atoms with E-state index in [4.69, 9.17) is 0 Å². The maximum atomic E-state index is 2.33. The van der Waals surface area contributed by atoms with Crippen molar-refractivity contribution in [3.63, 3.8) is 0 Å². The molecule has 0 amide bonds. The topological polar surface area (TPSA) is 0 Å². The van der Waals surface area contributed by atoms with Gasteiger partial charge in [-0.15, -0.1) is 11.3 Å². The molecule has 0 bridgehead atoms. The van der Waals surface area contributed by atoms with E-state index >= 15 is 0 Å². The van der Waals surface area contributed by atoms with Crippen molar-refractivity contribution in [2.75, 3.05) is 0 Å². The average Bonchev–Trinajstić information content (AvgIpc) is 3.09. The second-order valence-corrected chi connectivity index (χ2v) is 8.29. The fraction of sp³-hybridized carbons (Fsp3) is 0.250. The standard InChI is InChI=1S/C24H22S/c1-3-10-18(11-4-1)22-23-20-14-8-7-9-17(20)15-16-21(23)25-24(22)19-12-5-2-6-13-19/h1,3-4,7-11,14-16,19H,2,5-6,12-13H2. The van der Waals surface area contributed by atoms with Gasteiger partial charge in [-0.3, -0.25) is 0 Å². The van der Waals surface area contributed by atoms with Crippen LogP contribution in [0, 0.1) is 0 Å². The second-order valence-electron chi connectivity index (χ2n) is 7.20. The van der Waals surface area contributed by atoms with E-state index in [2.05, 4.69) is 66.7 Å². The third-order valence-electron chi connectivity index (χ3n) is 5.65. The molecular weight excluding hydrogens is 320 g/mol. The number of rotatable bonds is 2. The molecule has 0 radical (unpaired) electrons. The van der Waals surface area contributed by atoms with Crippen LogP contribution in [0.4, 0.5) is 0 Å². The lowest BCUT2D eigenvalue weighted by molar-refractivity contribution is 0.449. The minimum absolute atomic E-state index is 0.736. The van der Waals surface area contributed by atoms with Gasteiger partial charge in [0.05, 0.1) is 0 Å². The molecule has 1 aliphatic rings. The Kier molecular flexibility index (Phi) is 3.83. The second kappa shape index (κ2) is 6.31. The Morgan fingerprint density at radius 3 is 2.32 bits per heavy atom. The molecule has 1 heterocycles. The van der Waals surface area contributed by atoms with Crippen molar-refractivity contribution in [1.29, 1.82) is 0 Å². The van der Waals surface area contributed by atoms with Crippen LogP contribution in [0.15, 0.2) is 66.7 Å². The lowest BCUT2D eigenvalue weighted by Crippen LogP contribution is -2.03. The predicted molar refractivity (Wildman–Crippen MR) is 111 cm³/mol. The molecule has 1 aromatic heterocycles. The summed E-state index contributed by atoms with van der Waals surface area (Å²) >= 11 is 2.04. The molecular formula is C24H22S. The highest BCUT2D eigenvalue weighted by atomic mass is 32.1. The summed E-state index contributed by atoms with van der Waals surface area (Å²) in [5, 5.41) is 4.22. The SMILES string of the molecule is c1ccc(-c2c(C3CCCCC3)sc3ccc4ccccc4c23)cc1. The van der Waals surface area contributed by atoms with E-state index in [9.17, 15) is 0 Å². The first-order valence-electron chi connectivity index (χ1n) is 9.41. The molecule has 0 N–H and O–H groups in total. The quantitative estimate of drug-likeness (QED) is 0.349. The fourth-order valence-electron chi connectivity index (χ4n) is 4.43. The molecule has 0 saturated heterocycles. The van der Waals surface area contributed by atoms with Gasteiger partial charge in [-0.05, 0) is 41.2 Å². The molecule has 3 aromatic carbocycles. The van der Waals surface area contributed by atoms with E-state index in [1.807, 2.05) is 11.3 Å². The zero-order valence-electron chi connectivity index (χ0n) is 14.4. The predicted octanol–water partition coefficient (Wildman–Crippen LogP) is 7.77. The summed E-state index contributed by atoms with van der Waals surface area (Å²) in [6.45, 7) is 0. The summed E-state index contributed by atoms with van der Waals surface area (Å²) < 4.78 is 1.44. The number of fused-ring (bicyclic) bond motifs is 3. The highest BCUT2D eigenvalue weighted by Gasteiger charge is 2.24. The summed E-state index contributed by atoms with van der Waals surface area (Å²) in [6.07, 6.45) is 6.88. The van der Waals surface area contributed by atoms with Crippen LogP contribution in [-0.4, -0.2) is 0 Å². The summed E-state index contributed by atoms with van der Waals surface area (Å²) in [4.78, 5) is 1.62. The number of benzene rings is 3. The van der Waals surface area contributed by atoms with Crippen molar-refractivity contribution in [2.24, 2.45) is 0 Å². The van der Waals surface area contributed by atoms with Crippen molar-refractivity contribution in [1.82, 2.24) is 0 Å². The van der Waals surface area contributed by atoms with E-state index in [-0.39, 0.29) is 0 Å². The normalized spacial score (nSPS) is 15.8. The molecule has 0 unspecified atom stereocenters. The molecule has 1 aliphatic carbocycles. The Morgan fingerprint density at radius 1 is 0.720 bits per heavy atom. The van der Waals surface area contributed by atoms with E-state index in [1.165, 1.54) is 64.1 Å². The molecule has 0 spiro atoms. The lowest BCUT2D eigenvalue weighted by Gasteiger charge is -2.22. The van der Waals surface area contributed by atoms with Crippen LogP contribution in [0.25, 0.3) is 32.0 Å². The molecule has 4 aromatic rings. The van der Waals surface area contributed by atoms with E-state index in [1.54, 1.807) is 4.88 Å². The maximum absolute atomic E-state index is 2.33. The summed E-state index contributed by atoms with van der Waals surface area (Å²) in [7, 11) is 0. The van der Waals surface area contributed by atoms with Gasteiger partial charge in [0.1, 0.15) is 0 Å². The highest BCUT2D eigenvalue weighted by Crippen LogP contribution is 2.48. The number of hydrogen-bond acceptors (Lipinski definition) is 1. The highest BCUT2D eigenvalue weighted by molar-refractivity contribution is 7.20. The molecule has 1 saturated carbocycles. The number of hydrogen-bond donors (Lipinski definition) is 0. The Hall–Kier alpha value is -2.12. The van der Waals surface area contributed by atoms with E-state index in [0.717, 1.165) is 5.92 Å². The minimum atomic E-state index is 0.736. The van der Waals surface area contributed by atoms with Crippen LogP contribution < -0.4 is 0 Å². The molecule has 25 heavy (non-hydrogen) atoms. The van der Waals surface area contributed by atoms with Gasteiger partial charge >= 0.3 is 0 Å². The first-order valence-corrected chi connectivity index (χ1v) is 10.2. The van der Waals surface area contributed by atoms with Crippen molar-refractivity contribution in [3.05, 3.63) is 71.6 Å². The van der Waals surface area contributed by atoms with Crippen molar-refractivity contribution in [2.45, 2.75) is 38.0 Å². The van der Waals surface area contributed by atoms with Crippen LogP contribution in [-0.2, 0) is 0 Å². The number of thiophene rings is 1. The van der Waals surface area contributed by atoms with Gasteiger partial charge < -0.3 is 0 Å². The third kappa shape index (κ3) is 2.58. The van der Waals surface area contributed by atoms with Crippen LogP contribution in [0.5, 0.6) is 0 Å². The third-order valence-corrected chi connectivity index (χ3v) is 6.96. The van der Waals surface area contributed by atoms with Crippen LogP contribution >= 0.6 is 11.3 Å². The Balaban J connectivity index is 1.85. The largest absolute Gasteiger partial charge is 0.139 e. The lowest BCUT2D eigenvalue weighted by atomic mass is 9.84. The van der Waals surface area contributed by atoms with Gasteiger partial charge in [-0.25, -0.2) is 0 Å². The Labute approximate surface area is 153 Å². The molecule has 1 fully saturated rings. The van der Waals surface area contributed by atoms with Crippen LogP contribution in [0.1, 0.15) is 42.9 Å².